The van der Waals surface area contributed by atoms with Crippen molar-refractivity contribution >= 4 is 0 Å². The smallest absolute Gasteiger partial charge is 0.0704 e. The fourth-order valence-corrected chi connectivity index (χ4v) is 4.54. The standard InChI is InChI=1S/C37H74O10/c1-3-5-6-7-8-9-10-11-12-13-14-15-16-17-19-39-21-23-41-25-27-43-29-31-45-33-35-47-37-36-46-34-32-44-30-28-42-26-24-40-22-20-38-18-4-2/h4H,2-3,5-37H2,1H3. The van der Waals surface area contributed by atoms with Gasteiger partial charge in [-0.25, -0.2) is 0 Å². The van der Waals surface area contributed by atoms with E-state index in [1.807, 2.05) is 0 Å². The minimum atomic E-state index is 0.529. The average molecular weight is 679 g/mol. The second-order valence-electron chi connectivity index (χ2n) is 11.5. The molecule has 0 atom stereocenters. The highest BCUT2D eigenvalue weighted by Gasteiger charge is 1.97. The summed E-state index contributed by atoms with van der Waals surface area (Å²) >= 11 is 0. The van der Waals surface area contributed by atoms with E-state index in [1.54, 1.807) is 6.08 Å². The molecule has 0 bridgehead atoms. The van der Waals surface area contributed by atoms with Crippen LogP contribution < -0.4 is 0 Å². The van der Waals surface area contributed by atoms with Crippen molar-refractivity contribution in [1.29, 1.82) is 0 Å². The van der Waals surface area contributed by atoms with E-state index in [2.05, 4.69) is 13.5 Å². The molecule has 0 rings (SSSR count). The number of ether oxygens (including phenoxy) is 10. The van der Waals surface area contributed by atoms with Crippen LogP contribution in [0.25, 0.3) is 0 Å². The number of unbranched alkanes of at least 4 members (excludes halogenated alkanes) is 13. The molecule has 10 heteroatoms. The van der Waals surface area contributed by atoms with Gasteiger partial charge in [0.15, 0.2) is 0 Å². The molecule has 0 N–H and O–H groups in total. The van der Waals surface area contributed by atoms with Gasteiger partial charge in [-0.05, 0) is 6.42 Å². The molecule has 10 nitrogen and oxygen atoms in total. The van der Waals surface area contributed by atoms with Gasteiger partial charge >= 0.3 is 0 Å². The molecule has 0 aliphatic carbocycles. The molecule has 0 saturated carbocycles. The van der Waals surface area contributed by atoms with Crippen molar-refractivity contribution in [2.24, 2.45) is 0 Å². The molecule has 0 aromatic rings. The maximum Gasteiger partial charge on any atom is 0.0704 e. The van der Waals surface area contributed by atoms with E-state index in [-0.39, 0.29) is 0 Å². The molecule has 0 aromatic carbocycles. The largest absolute Gasteiger partial charge is 0.379 e. The number of rotatable bonds is 44. The van der Waals surface area contributed by atoms with Crippen LogP contribution in [0.15, 0.2) is 12.7 Å². The molecule has 47 heavy (non-hydrogen) atoms. The summed E-state index contributed by atoms with van der Waals surface area (Å²) < 4.78 is 54.8. The van der Waals surface area contributed by atoms with E-state index in [0.29, 0.717) is 126 Å². The van der Waals surface area contributed by atoms with Crippen molar-refractivity contribution < 1.29 is 47.4 Å². The maximum absolute atomic E-state index is 5.68. The van der Waals surface area contributed by atoms with Crippen molar-refractivity contribution in [2.75, 3.05) is 132 Å². The first-order chi connectivity index (χ1) is 23.4. The summed E-state index contributed by atoms with van der Waals surface area (Å²) in [6.45, 7) is 17.2. The Labute approximate surface area is 288 Å². The van der Waals surface area contributed by atoms with Gasteiger partial charge in [-0.2, -0.15) is 0 Å². The summed E-state index contributed by atoms with van der Waals surface area (Å²) in [5.41, 5.74) is 0. The van der Waals surface area contributed by atoms with Gasteiger partial charge in [0.2, 0.25) is 0 Å². The van der Waals surface area contributed by atoms with Crippen molar-refractivity contribution in [1.82, 2.24) is 0 Å². The van der Waals surface area contributed by atoms with Crippen molar-refractivity contribution in [3.8, 4) is 0 Å². The fourth-order valence-electron chi connectivity index (χ4n) is 4.54. The third-order valence-electron chi connectivity index (χ3n) is 7.23. The Morgan fingerprint density at radius 1 is 0.277 bits per heavy atom. The SMILES string of the molecule is C=CCOCCOCCOCCOCCOCCOCCOCCOCCOCCOCCCCCCCCCCCCCCCC. The van der Waals surface area contributed by atoms with Crippen LogP contribution in [0.3, 0.4) is 0 Å². The predicted octanol–water partition coefficient (Wildman–Crippen LogP) is 6.82. The van der Waals surface area contributed by atoms with Gasteiger partial charge in [0.1, 0.15) is 0 Å². The lowest BCUT2D eigenvalue weighted by Crippen LogP contribution is -2.15. The molecule has 0 fully saturated rings. The van der Waals surface area contributed by atoms with Gasteiger partial charge < -0.3 is 47.4 Å². The topological polar surface area (TPSA) is 92.3 Å². The first-order valence-corrected chi connectivity index (χ1v) is 18.8. The van der Waals surface area contributed by atoms with Gasteiger partial charge in [-0.3, -0.25) is 0 Å². The van der Waals surface area contributed by atoms with Gasteiger partial charge in [0, 0.05) is 6.61 Å². The monoisotopic (exact) mass is 679 g/mol. The quantitative estimate of drug-likeness (QED) is 0.0505. The summed E-state index contributed by atoms with van der Waals surface area (Å²) in [7, 11) is 0. The molecule has 0 unspecified atom stereocenters. The molecule has 0 amide bonds. The van der Waals surface area contributed by atoms with Crippen LogP contribution in [-0.2, 0) is 47.4 Å². The summed E-state index contributed by atoms with van der Waals surface area (Å²) in [6.07, 6.45) is 21.0. The Morgan fingerprint density at radius 3 is 0.745 bits per heavy atom. The lowest BCUT2D eigenvalue weighted by molar-refractivity contribution is -0.0261. The van der Waals surface area contributed by atoms with Gasteiger partial charge in [-0.1, -0.05) is 96.5 Å². The van der Waals surface area contributed by atoms with Crippen LogP contribution in [0.4, 0.5) is 0 Å². The molecule has 282 valence electrons. The Hall–Kier alpha value is -0.660. The first kappa shape index (κ1) is 46.3. The molecular weight excluding hydrogens is 604 g/mol. The lowest BCUT2D eigenvalue weighted by atomic mass is 10.0. The zero-order chi connectivity index (χ0) is 33.8. The summed E-state index contributed by atoms with van der Waals surface area (Å²) in [6, 6.07) is 0. The highest BCUT2D eigenvalue weighted by Crippen LogP contribution is 2.13. The van der Waals surface area contributed by atoms with Gasteiger partial charge in [-0.15, -0.1) is 6.58 Å². The summed E-state index contributed by atoms with van der Waals surface area (Å²) in [4.78, 5) is 0. The second-order valence-corrected chi connectivity index (χ2v) is 11.5. The normalized spacial score (nSPS) is 11.5. The third-order valence-corrected chi connectivity index (χ3v) is 7.23. The van der Waals surface area contributed by atoms with E-state index in [4.69, 9.17) is 47.4 Å². The highest BCUT2D eigenvalue weighted by molar-refractivity contribution is 4.63. The molecule has 0 aliphatic heterocycles. The summed E-state index contributed by atoms with van der Waals surface area (Å²) in [5, 5.41) is 0. The number of hydrogen-bond acceptors (Lipinski definition) is 10. The third kappa shape index (κ3) is 45.3. The zero-order valence-electron chi connectivity index (χ0n) is 30.4. The average Bonchev–Trinajstić information content (AvgIpc) is 3.08. The molecule has 0 heterocycles. The van der Waals surface area contributed by atoms with Gasteiger partial charge in [0.25, 0.3) is 0 Å². The highest BCUT2D eigenvalue weighted by atomic mass is 16.6. The fraction of sp³-hybridized carbons (Fsp3) is 0.946. The van der Waals surface area contributed by atoms with Crippen LogP contribution >= 0.6 is 0 Å². The van der Waals surface area contributed by atoms with E-state index in [1.165, 1.54) is 83.5 Å². The summed E-state index contributed by atoms with van der Waals surface area (Å²) in [5.74, 6) is 0. The van der Waals surface area contributed by atoms with E-state index in [9.17, 15) is 0 Å². The van der Waals surface area contributed by atoms with E-state index < -0.39 is 0 Å². The van der Waals surface area contributed by atoms with E-state index in [0.717, 1.165) is 13.0 Å². The van der Waals surface area contributed by atoms with Crippen molar-refractivity contribution in [3.05, 3.63) is 12.7 Å². The molecule has 0 radical (unpaired) electrons. The lowest BCUT2D eigenvalue weighted by Gasteiger charge is -2.09. The van der Waals surface area contributed by atoms with Crippen molar-refractivity contribution in [2.45, 2.75) is 96.8 Å². The molecule has 0 aromatic heterocycles. The van der Waals surface area contributed by atoms with Crippen LogP contribution in [0, 0.1) is 0 Å². The molecular formula is C37H74O10. The van der Waals surface area contributed by atoms with Crippen molar-refractivity contribution in [3.63, 3.8) is 0 Å². The van der Waals surface area contributed by atoms with E-state index >= 15 is 0 Å². The van der Waals surface area contributed by atoms with Gasteiger partial charge in [0.05, 0.1) is 126 Å². The Kier molecular flexibility index (Phi) is 44.7. The molecule has 0 aliphatic rings. The second kappa shape index (κ2) is 45.3. The number of hydrogen-bond donors (Lipinski definition) is 0. The maximum atomic E-state index is 5.68. The van der Waals surface area contributed by atoms with Crippen LogP contribution in [-0.4, -0.2) is 132 Å². The Morgan fingerprint density at radius 2 is 0.489 bits per heavy atom. The first-order valence-electron chi connectivity index (χ1n) is 18.8. The molecule has 0 saturated heterocycles. The predicted molar refractivity (Wildman–Crippen MR) is 189 cm³/mol. The Bertz CT molecular complexity index is 555. The minimum absolute atomic E-state index is 0.529. The molecule has 0 spiro atoms. The van der Waals surface area contributed by atoms with Crippen LogP contribution in [0.2, 0.25) is 0 Å². The van der Waals surface area contributed by atoms with Crippen LogP contribution in [0.5, 0.6) is 0 Å². The van der Waals surface area contributed by atoms with Crippen LogP contribution in [0.1, 0.15) is 96.8 Å². The minimum Gasteiger partial charge on any atom is -0.379 e. The Balaban J connectivity index is 3.04. The zero-order valence-corrected chi connectivity index (χ0v) is 30.4.